The third kappa shape index (κ3) is 5.12. The van der Waals surface area contributed by atoms with Crippen molar-refractivity contribution in [2.75, 3.05) is 5.32 Å². The number of rotatable bonds is 6. The third-order valence-electron chi connectivity index (χ3n) is 7.78. The first kappa shape index (κ1) is 28.2. The number of anilines is 1. The minimum absolute atomic E-state index is 0.0436. The number of nitriles is 1. The van der Waals surface area contributed by atoms with Gasteiger partial charge in [-0.1, -0.05) is 97.1 Å². The van der Waals surface area contributed by atoms with Crippen LogP contribution in [0, 0.1) is 16.7 Å². The molecule has 2 aliphatic heterocycles. The fraction of sp³-hybridized carbons (Fsp3) is 0.0263. The Morgan fingerprint density at radius 3 is 2.22 bits per heavy atom. The van der Waals surface area contributed by atoms with Crippen LogP contribution in [0.1, 0.15) is 11.1 Å². The van der Waals surface area contributed by atoms with E-state index in [1.54, 1.807) is 10.6 Å². The molecule has 8 nitrogen and oxygen atoms in total. The highest BCUT2D eigenvalue weighted by atomic mass is 16.3. The van der Waals surface area contributed by atoms with Gasteiger partial charge < -0.3 is 9.73 Å². The molecular weight excluding hydrogens is 574 g/mol. The van der Waals surface area contributed by atoms with Gasteiger partial charge in [0.2, 0.25) is 11.5 Å². The maximum Gasteiger partial charge on any atom is 0.291 e. The van der Waals surface area contributed by atoms with E-state index in [-0.39, 0.29) is 35.0 Å². The Morgan fingerprint density at radius 1 is 0.848 bits per heavy atom. The average molecular weight is 600 g/mol. The molecule has 7 rings (SSSR count). The van der Waals surface area contributed by atoms with Gasteiger partial charge in [-0.3, -0.25) is 19.6 Å². The Kier molecular flexibility index (Phi) is 7.25. The van der Waals surface area contributed by atoms with Crippen molar-refractivity contribution >= 4 is 22.6 Å². The highest BCUT2D eigenvalue weighted by molar-refractivity contribution is 6.03. The Labute approximate surface area is 263 Å². The van der Waals surface area contributed by atoms with Crippen LogP contribution < -0.4 is 16.4 Å². The fourth-order valence-corrected chi connectivity index (χ4v) is 5.70. The number of nitrogens with one attached hydrogen (secondary N) is 2. The molecule has 0 unspecified atom stereocenters. The lowest BCUT2D eigenvalue weighted by atomic mass is 9.93. The SMILES string of the molecule is N#Cc1c(NC(=O)Cc2ccccc2)c2c(-c3ccccc3)cc(-c3cc4ccccc4oc3=N)n(-c3ccccc3)c-2nc1=O. The summed E-state index contributed by atoms with van der Waals surface area (Å²) in [5.74, 6) is -0.167. The molecule has 46 heavy (non-hydrogen) atoms. The molecular formula is C38H25N5O3. The zero-order valence-electron chi connectivity index (χ0n) is 24.4. The first-order valence-electron chi connectivity index (χ1n) is 14.6. The lowest BCUT2D eigenvalue weighted by molar-refractivity contribution is -0.115. The third-order valence-corrected chi connectivity index (χ3v) is 7.78. The molecule has 8 heteroatoms. The van der Waals surface area contributed by atoms with Gasteiger partial charge in [-0.05, 0) is 47.0 Å². The van der Waals surface area contributed by atoms with E-state index >= 15 is 0 Å². The number of carbonyl (C=O) groups is 1. The normalized spacial score (nSPS) is 10.9. The number of para-hydroxylation sites is 2. The average Bonchev–Trinajstić information content (AvgIpc) is 3.08. The number of fused-ring (bicyclic) bond motifs is 2. The van der Waals surface area contributed by atoms with Crippen molar-refractivity contribution in [1.82, 2.24) is 9.55 Å². The first-order valence-corrected chi connectivity index (χ1v) is 14.6. The second-order valence-electron chi connectivity index (χ2n) is 10.7. The Balaban J connectivity index is 1.59. The monoisotopic (exact) mass is 599 g/mol. The highest BCUT2D eigenvalue weighted by Gasteiger charge is 2.29. The summed E-state index contributed by atoms with van der Waals surface area (Å²) in [7, 11) is 0. The van der Waals surface area contributed by atoms with Gasteiger partial charge in [0.25, 0.3) is 5.56 Å². The molecule has 3 heterocycles. The highest BCUT2D eigenvalue weighted by Crippen LogP contribution is 2.43. The summed E-state index contributed by atoms with van der Waals surface area (Å²) in [5, 5.41) is 22.8. The lowest BCUT2D eigenvalue weighted by Crippen LogP contribution is -2.24. The second-order valence-corrected chi connectivity index (χ2v) is 10.7. The number of amides is 1. The predicted octanol–water partition coefficient (Wildman–Crippen LogP) is 6.95. The zero-order chi connectivity index (χ0) is 31.6. The lowest BCUT2D eigenvalue weighted by Gasteiger charge is -2.25. The van der Waals surface area contributed by atoms with Crippen LogP contribution in [0.3, 0.4) is 0 Å². The van der Waals surface area contributed by atoms with Gasteiger partial charge in [0, 0.05) is 11.1 Å². The van der Waals surface area contributed by atoms with Gasteiger partial charge >= 0.3 is 0 Å². The molecule has 1 aromatic heterocycles. The summed E-state index contributed by atoms with van der Waals surface area (Å²) in [6.07, 6.45) is 0.0436. The Hall–Kier alpha value is -6.59. The van der Waals surface area contributed by atoms with Crippen LogP contribution in [0.2, 0.25) is 0 Å². The van der Waals surface area contributed by atoms with E-state index in [0.717, 1.165) is 16.5 Å². The van der Waals surface area contributed by atoms with Crippen LogP contribution in [0.4, 0.5) is 5.69 Å². The van der Waals surface area contributed by atoms with Crippen LogP contribution in [-0.2, 0) is 11.2 Å². The van der Waals surface area contributed by atoms with Crippen molar-refractivity contribution in [3.05, 3.63) is 154 Å². The summed E-state index contributed by atoms with van der Waals surface area (Å²) in [4.78, 5) is 31.6. The minimum Gasteiger partial charge on any atom is -0.438 e. The predicted molar refractivity (Wildman–Crippen MR) is 176 cm³/mol. The number of pyridine rings is 2. The van der Waals surface area contributed by atoms with Crippen LogP contribution in [-0.4, -0.2) is 15.5 Å². The largest absolute Gasteiger partial charge is 0.438 e. The molecule has 5 aromatic rings. The van der Waals surface area contributed by atoms with Crippen molar-refractivity contribution in [3.63, 3.8) is 0 Å². The van der Waals surface area contributed by atoms with Crippen molar-refractivity contribution in [2.45, 2.75) is 6.42 Å². The van der Waals surface area contributed by atoms with Crippen molar-refractivity contribution in [2.24, 2.45) is 0 Å². The van der Waals surface area contributed by atoms with Crippen LogP contribution in [0.25, 0.3) is 50.4 Å². The molecule has 2 N–H and O–H groups in total. The van der Waals surface area contributed by atoms with E-state index in [2.05, 4.69) is 10.3 Å². The smallest absolute Gasteiger partial charge is 0.291 e. The van der Waals surface area contributed by atoms with E-state index in [4.69, 9.17) is 9.83 Å². The molecule has 0 radical (unpaired) electrons. The molecule has 0 spiro atoms. The Morgan fingerprint density at radius 2 is 1.50 bits per heavy atom. The first-order chi connectivity index (χ1) is 22.5. The van der Waals surface area contributed by atoms with Crippen molar-refractivity contribution < 1.29 is 9.21 Å². The zero-order valence-corrected chi connectivity index (χ0v) is 24.4. The summed E-state index contributed by atoms with van der Waals surface area (Å²) in [6, 6.07) is 41.2. The minimum atomic E-state index is -0.778. The quantitative estimate of drug-likeness (QED) is 0.214. The molecule has 1 amide bonds. The van der Waals surface area contributed by atoms with Gasteiger partial charge in [0.15, 0.2) is 5.82 Å². The van der Waals surface area contributed by atoms with Gasteiger partial charge in [-0.25, -0.2) is 0 Å². The topological polar surface area (TPSA) is 125 Å². The molecule has 4 aromatic carbocycles. The molecule has 0 bridgehead atoms. The summed E-state index contributed by atoms with van der Waals surface area (Å²) in [6.45, 7) is 0. The van der Waals surface area contributed by atoms with Gasteiger partial charge in [-0.2, -0.15) is 10.2 Å². The maximum absolute atomic E-state index is 13.6. The Bertz CT molecular complexity index is 2380. The van der Waals surface area contributed by atoms with E-state index in [1.807, 2.05) is 127 Å². The molecule has 0 aliphatic carbocycles. The second kappa shape index (κ2) is 11.8. The molecule has 220 valence electrons. The van der Waals surface area contributed by atoms with E-state index in [0.29, 0.717) is 33.7 Å². The van der Waals surface area contributed by atoms with E-state index in [1.165, 1.54) is 0 Å². The van der Waals surface area contributed by atoms with Gasteiger partial charge in [0.1, 0.15) is 17.2 Å². The van der Waals surface area contributed by atoms with Crippen molar-refractivity contribution in [1.29, 1.82) is 10.7 Å². The fourth-order valence-electron chi connectivity index (χ4n) is 5.70. The van der Waals surface area contributed by atoms with Crippen molar-refractivity contribution in [3.8, 4) is 45.5 Å². The molecule has 0 saturated carbocycles. The number of aromatic nitrogens is 2. The molecule has 0 atom stereocenters. The summed E-state index contributed by atoms with van der Waals surface area (Å²) < 4.78 is 7.73. The number of carbonyl (C=O) groups excluding carboxylic acids is 1. The number of hydrogen-bond acceptors (Lipinski definition) is 6. The molecule has 0 saturated heterocycles. The summed E-state index contributed by atoms with van der Waals surface area (Å²) >= 11 is 0. The van der Waals surface area contributed by atoms with E-state index < -0.39 is 5.56 Å². The summed E-state index contributed by atoms with van der Waals surface area (Å²) in [5.41, 5.74) is 3.78. The molecule has 2 aliphatic rings. The van der Waals surface area contributed by atoms with Gasteiger partial charge in [-0.15, -0.1) is 0 Å². The standard InChI is InChI=1S/C38H25N5O3/c39-23-30-35(41-33(44)20-24-12-4-1-5-13-24)34-28(25-14-6-2-7-15-25)22-31(29-21-26-16-10-11-19-32(26)46-36(29)40)43(37(34)42-38(30)45)27-17-8-3-9-18-27/h1-19,21-22,40H,20H2,(H,41,44). The van der Waals surface area contributed by atoms with E-state index in [9.17, 15) is 14.9 Å². The van der Waals surface area contributed by atoms with Crippen LogP contribution in [0.15, 0.2) is 137 Å². The van der Waals surface area contributed by atoms with Crippen LogP contribution in [0.5, 0.6) is 0 Å². The number of hydrogen-bond donors (Lipinski definition) is 2. The van der Waals surface area contributed by atoms with Crippen LogP contribution >= 0.6 is 0 Å². The molecule has 0 fully saturated rings. The number of benzene rings is 4. The number of nitrogens with zero attached hydrogens (tertiary/aromatic N) is 3. The maximum atomic E-state index is 13.6. The van der Waals surface area contributed by atoms with Gasteiger partial charge in [0.05, 0.1) is 28.9 Å².